The summed E-state index contributed by atoms with van der Waals surface area (Å²) in [6, 6.07) is 3.64. The van der Waals surface area contributed by atoms with E-state index in [9.17, 15) is 4.79 Å². The maximum atomic E-state index is 11.2. The molecule has 0 radical (unpaired) electrons. The number of aromatic nitrogens is 2. The third kappa shape index (κ3) is 2.07. The van der Waals surface area contributed by atoms with Gasteiger partial charge in [0.25, 0.3) is 0 Å². The molecule has 0 aliphatic heterocycles. The molecule has 2 rings (SSSR count). The third-order valence-corrected chi connectivity index (χ3v) is 2.97. The quantitative estimate of drug-likeness (QED) is 0.880. The normalized spacial score (nSPS) is 12.0. The van der Waals surface area contributed by atoms with Crippen LogP contribution < -0.4 is 0 Å². The van der Waals surface area contributed by atoms with Crippen LogP contribution in [0.5, 0.6) is 0 Å². The minimum absolute atomic E-state index is 0.0937. The molecule has 4 nitrogen and oxygen atoms in total. The van der Waals surface area contributed by atoms with Crippen LogP contribution in [0.1, 0.15) is 37.1 Å². The number of carboxylic acid groups (broad SMARTS) is 1. The molecule has 0 amide bonds. The minimum Gasteiger partial charge on any atom is -0.476 e. The van der Waals surface area contributed by atoms with Crippen molar-refractivity contribution in [2.75, 3.05) is 0 Å². The van der Waals surface area contributed by atoms with Crippen LogP contribution in [0.2, 0.25) is 0 Å². The Morgan fingerprint density at radius 1 is 1.47 bits per heavy atom. The number of rotatable bonds is 1. The van der Waals surface area contributed by atoms with Crippen LogP contribution in [-0.4, -0.2) is 20.5 Å². The van der Waals surface area contributed by atoms with Crippen LogP contribution >= 0.6 is 15.9 Å². The molecule has 0 fully saturated rings. The van der Waals surface area contributed by atoms with Crippen molar-refractivity contribution in [3.8, 4) is 0 Å². The van der Waals surface area contributed by atoms with Gasteiger partial charge in [0.2, 0.25) is 0 Å². The van der Waals surface area contributed by atoms with Gasteiger partial charge in [-0.05, 0) is 12.1 Å². The SMILES string of the molecule is CC(C)(C)c1nc(C(=O)O)c2cc(Br)ccn12. The zero-order chi connectivity index (χ0) is 12.8. The van der Waals surface area contributed by atoms with Crippen molar-refractivity contribution in [3.63, 3.8) is 0 Å². The molecule has 2 heterocycles. The van der Waals surface area contributed by atoms with Gasteiger partial charge in [-0.3, -0.25) is 0 Å². The van der Waals surface area contributed by atoms with Crippen molar-refractivity contribution in [1.29, 1.82) is 0 Å². The Kier molecular flexibility index (Phi) is 2.73. The highest BCUT2D eigenvalue weighted by Gasteiger charge is 2.24. The fourth-order valence-electron chi connectivity index (χ4n) is 1.74. The van der Waals surface area contributed by atoms with E-state index in [2.05, 4.69) is 20.9 Å². The van der Waals surface area contributed by atoms with E-state index in [0.717, 1.165) is 10.3 Å². The molecule has 2 aromatic rings. The second-order valence-electron chi connectivity index (χ2n) is 4.94. The van der Waals surface area contributed by atoms with Gasteiger partial charge in [-0.2, -0.15) is 0 Å². The van der Waals surface area contributed by atoms with E-state index in [1.54, 1.807) is 6.07 Å². The van der Waals surface area contributed by atoms with Crippen molar-refractivity contribution in [1.82, 2.24) is 9.38 Å². The highest BCUT2D eigenvalue weighted by atomic mass is 79.9. The molecule has 0 saturated carbocycles. The van der Waals surface area contributed by atoms with Crippen molar-refractivity contribution in [2.45, 2.75) is 26.2 Å². The maximum absolute atomic E-state index is 11.2. The first-order valence-electron chi connectivity index (χ1n) is 5.22. The van der Waals surface area contributed by atoms with Gasteiger partial charge in [-0.25, -0.2) is 9.78 Å². The first-order chi connectivity index (χ1) is 7.80. The number of aromatic carboxylic acids is 1. The lowest BCUT2D eigenvalue weighted by Gasteiger charge is -2.16. The zero-order valence-corrected chi connectivity index (χ0v) is 11.4. The molecule has 2 aromatic heterocycles. The Labute approximate surface area is 107 Å². The molecule has 0 aliphatic rings. The summed E-state index contributed by atoms with van der Waals surface area (Å²) in [4.78, 5) is 15.4. The van der Waals surface area contributed by atoms with E-state index in [4.69, 9.17) is 5.11 Å². The Morgan fingerprint density at radius 2 is 2.12 bits per heavy atom. The second-order valence-corrected chi connectivity index (χ2v) is 5.86. The third-order valence-electron chi connectivity index (χ3n) is 2.48. The van der Waals surface area contributed by atoms with Gasteiger partial charge in [0.1, 0.15) is 5.82 Å². The van der Waals surface area contributed by atoms with Crippen molar-refractivity contribution >= 4 is 27.4 Å². The Morgan fingerprint density at radius 3 is 2.65 bits per heavy atom. The highest BCUT2D eigenvalue weighted by molar-refractivity contribution is 9.10. The molecule has 0 saturated heterocycles. The average Bonchev–Trinajstić information content (AvgIpc) is 2.55. The summed E-state index contributed by atoms with van der Waals surface area (Å²) in [7, 11) is 0. The summed E-state index contributed by atoms with van der Waals surface area (Å²) in [5.74, 6) is -0.256. The van der Waals surface area contributed by atoms with Gasteiger partial charge < -0.3 is 9.51 Å². The van der Waals surface area contributed by atoms with Crippen LogP contribution in [0.3, 0.4) is 0 Å². The van der Waals surface area contributed by atoms with E-state index < -0.39 is 5.97 Å². The van der Waals surface area contributed by atoms with Crippen LogP contribution in [0.4, 0.5) is 0 Å². The largest absolute Gasteiger partial charge is 0.476 e. The smallest absolute Gasteiger partial charge is 0.356 e. The summed E-state index contributed by atoms with van der Waals surface area (Å²) < 4.78 is 2.67. The lowest BCUT2D eigenvalue weighted by atomic mass is 9.96. The summed E-state index contributed by atoms with van der Waals surface area (Å²) in [6.45, 7) is 6.03. The molecular weight excluding hydrogens is 284 g/mol. The summed E-state index contributed by atoms with van der Waals surface area (Å²) in [5, 5.41) is 9.16. The minimum atomic E-state index is -1.00. The van der Waals surface area contributed by atoms with Gasteiger partial charge in [-0.1, -0.05) is 36.7 Å². The fourth-order valence-corrected chi connectivity index (χ4v) is 2.08. The van der Waals surface area contributed by atoms with Gasteiger partial charge in [0.05, 0.1) is 5.52 Å². The number of carboxylic acids is 1. The van der Waals surface area contributed by atoms with Gasteiger partial charge >= 0.3 is 5.97 Å². The molecule has 0 aromatic carbocycles. The number of hydrogen-bond acceptors (Lipinski definition) is 2. The lowest BCUT2D eigenvalue weighted by Crippen LogP contribution is -2.15. The van der Waals surface area contributed by atoms with Crippen LogP contribution in [0.15, 0.2) is 22.8 Å². The topological polar surface area (TPSA) is 54.6 Å². The number of nitrogens with zero attached hydrogens (tertiary/aromatic N) is 2. The van der Waals surface area contributed by atoms with Crippen molar-refractivity contribution < 1.29 is 9.90 Å². The first-order valence-corrected chi connectivity index (χ1v) is 6.01. The van der Waals surface area contributed by atoms with E-state index in [1.165, 1.54) is 0 Å². The monoisotopic (exact) mass is 296 g/mol. The molecule has 0 spiro atoms. The van der Waals surface area contributed by atoms with Gasteiger partial charge in [0.15, 0.2) is 5.69 Å². The Hall–Kier alpha value is -1.36. The molecule has 0 unspecified atom stereocenters. The van der Waals surface area contributed by atoms with E-state index in [1.807, 2.05) is 37.4 Å². The molecule has 0 aliphatic carbocycles. The molecule has 5 heteroatoms. The predicted molar refractivity (Wildman–Crippen MR) is 68.6 cm³/mol. The number of carbonyl (C=O) groups is 1. The van der Waals surface area contributed by atoms with Crippen LogP contribution in [-0.2, 0) is 5.41 Å². The zero-order valence-electron chi connectivity index (χ0n) is 9.86. The molecule has 0 atom stereocenters. The number of pyridine rings is 1. The van der Waals surface area contributed by atoms with Crippen LogP contribution in [0.25, 0.3) is 5.52 Å². The van der Waals surface area contributed by atoms with Crippen molar-refractivity contribution in [3.05, 3.63) is 34.3 Å². The number of hydrogen-bond donors (Lipinski definition) is 1. The summed E-state index contributed by atoms with van der Waals surface area (Å²) in [5.41, 5.74) is 0.498. The Bertz CT molecular complexity index is 596. The molecule has 0 bridgehead atoms. The lowest BCUT2D eigenvalue weighted by molar-refractivity contribution is 0.0693. The second kappa shape index (κ2) is 3.84. The van der Waals surface area contributed by atoms with Crippen molar-refractivity contribution in [2.24, 2.45) is 0 Å². The molecule has 90 valence electrons. The standard InChI is InChI=1S/C12H13BrN2O2/c1-12(2,3)11-14-9(10(16)17)8-6-7(13)4-5-15(8)11/h4-6H,1-3H3,(H,16,17). The number of imidazole rings is 1. The summed E-state index contributed by atoms with van der Waals surface area (Å²) >= 11 is 3.34. The first kappa shape index (κ1) is 12.1. The molecule has 17 heavy (non-hydrogen) atoms. The number of halogens is 1. The average molecular weight is 297 g/mol. The summed E-state index contributed by atoms with van der Waals surface area (Å²) in [6.07, 6.45) is 1.83. The number of fused-ring (bicyclic) bond motifs is 1. The van der Waals surface area contributed by atoms with E-state index in [0.29, 0.717) is 5.52 Å². The maximum Gasteiger partial charge on any atom is 0.356 e. The van der Waals surface area contributed by atoms with Gasteiger partial charge in [-0.15, -0.1) is 0 Å². The van der Waals surface area contributed by atoms with Gasteiger partial charge in [0, 0.05) is 16.1 Å². The van der Waals surface area contributed by atoms with E-state index >= 15 is 0 Å². The van der Waals surface area contributed by atoms with Crippen LogP contribution in [0, 0.1) is 0 Å². The predicted octanol–water partition coefficient (Wildman–Crippen LogP) is 3.09. The Balaban J connectivity index is 2.85. The molecule has 1 N–H and O–H groups in total. The highest BCUT2D eigenvalue weighted by Crippen LogP contribution is 2.26. The fraction of sp³-hybridized carbons (Fsp3) is 0.333. The molecular formula is C12H13BrN2O2. The van der Waals surface area contributed by atoms with E-state index in [-0.39, 0.29) is 11.1 Å².